The van der Waals surface area contributed by atoms with Crippen molar-refractivity contribution in [1.82, 2.24) is 0 Å². The molecule has 1 unspecified atom stereocenters. The Hall–Kier alpha value is -1.31. The Morgan fingerprint density at radius 3 is 2.17 bits per heavy atom. The van der Waals surface area contributed by atoms with Crippen LogP contribution >= 0.6 is 0 Å². The lowest BCUT2D eigenvalue weighted by Gasteiger charge is -2.30. The molecule has 0 amide bonds. The minimum Gasteiger partial charge on any atom is -0.491 e. The first-order valence-corrected chi connectivity index (χ1v) is 15.3. The molecule has 1 nitrogen and oxygen atoms in total. The highest BCUT2D eigenvalue weighted by atomic mass is 19.1. The zero-order chi connectivity index (χ0) is 24.7. The van der Waals surface area contributed by atoms with Gasteiger partial charge in [0.2, 0.25) is 0 Å². The van der Waals surface area contributed by atoms with Crippen LogP contribution in [-0.4, -0.2) is 6.61 Å². The van der Waals surface area contributed by atoms with Crippen LogP contribution in [0.5, 0.6) is 5.75 Å². The molecule has 1 saturated carbocycles. The second-order valence-corrected chi connectivity index (χ2v) is 11.6. The SMILES string of the molecule is CCCCCCOc1ccc(CCC2=CCC(CCC3CCC(CCCCC)CC3)CC2)cc1F. The van der Waals surface area contributed by atoms with Gasteiger partial charge in [-0.1, -0.05) is 109 Å². The highest BCUT2D eigenvalue weighted by molar-refractivity contribution is 5.30. The Kier molecular flexibility index (Phi) is 13.3. The largest absolute Gasteiger partial charge is 0.491 e. The third-order valence-electron chi connectivity index (χ3n) is 8.77. The number of hydrogen-bond donors (Lipinski definition) is 0. The smallest absolute Gasteiger partial charge is 0.165 e. The fraction of sp³-hybridized carbons (Fsp3) is 0.758. The molecule has 198 valence electrons. The van der Waals surface area contributed by atoms with Crippen LogP contribution in [0.25, 0.3) is 0 Å². The maximum absolute atomic E-state index is 14.4. The molecule has 0 saturated heterocycles. The van der Waals surface area contributed by atoms with E-state index in [2.05, 4.69) is 26.0 Å². The van der Waals surface area contributed by atoms with E-state index in [1.807, 2.05) is 6.07 Å². The maximum Gasteiger partial charge on any atom is 0.165 e. The van der Waals surface area contributed by atoms with E-state index in [9.17, 15) is 4.39 Å². The van der Waals surface area contributed by atoms with Gasteiger partial charge in [-0.2, -0.15) is 0 Å². The summed E-state index contributed by atoms with van der Waals surface area (Å²) in [7, 11) is 0. The molecule has 0 radical (unpaired) electrons. The van der Waals surface area contributed by atoms with Gasteiger partial charge in [0.1, 0.15) is 0 Å². The number of unbranched alkanes of at least 4 members (excludes halogenated alkanes) is 5. The number of rotatable bonds is 16. The predicted octanol–water partition coefficient (Wildman–Crippen LogP) is 10.6. The lowest BCUT2D eigenvalue weighted by atomic mass is 9.76. The second kappa shape index (κ2) is 16.4. The average Bonchev–Trinajstić information content (AvgIpc) is 2.88. The third kappa shape index (κ3) is 10.7. The van der Waals surface area contributed by atoms with E-state index in [0.717, 1.165) is 49.0 Å². The molecule has 2 aliphatic rings. The van der Waals surface area contributed by atoms with Gasteiger partial charge in [0.15, 0.2) is 11.6 Å². The molecule has 1 atom stereocenters. The van der Waals surface area contributed by atoms with Gasteiger partial charge < -0.3 is 4.74 Å². The number of benzene rings is 1. The molecule has 1 fully saturated rings. The van der Waals surface area contributed by atoms with Gasteiger partial charge in [0.05, 0.1) is 6.61 Å². The van der Waals surface area contributed by atoms with Gasteiger partial charge in [-0.3, -0.25) is 0 Å². The Bertz CT molecular complexity index is 731. The lowest BCUT2D eigenvalue weighted by molar-refractivity contribution is 0.234. The topological polar surface area (TPSA) is 9.23 Å². The van der Waals surface area contributed by atoms with Gasteiger partial charge in [-0.25, -0.2) is 4.39 Å². The third-order valence-corrected chi connectivity index (χ3v) is 8.77. The van der Waals surface area contributed by atoms with E-state index >= 15 is 0 Å². The summed E-state index contributed by atoms with van der Waals surface area (Å²) in [5.41, 5.74) is 2.68. The summed E-state index contributed by atoms with van der Waals surface area (Å²) >= 11 is 0. The Morgan fingerprint density at radius 1 is 0.771 bits per heavy atom. The molecule has 3 rings (SSSR count). The molecule has 0 N–H and O–H groups in total. The quantitative estimate of drug-likeness (QED) is 0.167. The zero-order valence-corrected chi connectivity index (χ0v) is 23.0. The average molecular weight is 485 g/mol. The van der Waals surface area contributed by atoms with E-state index in [0.29, 0.717) is 12.4 Å². The number of hydrogen-bond acceptors (Lipinski definition) is 1. The van der Waals surface area contributed by atoms with Gasteiger partial charge in [0, 0.05) is 0 Å². The second-order valence-electron chi connectivity index (χ2n) is 11.6. The molecule has 0 spiro atoms. The Balaban J connectivity index is 1.29. The van der Waals surface area contributed by atoms with Gasteiger partial charge in [-0.15, -0.1) is 0 Å². The van der Waals surface area contributed by atoms with Crippen LogP contribution in [0.3, 0.4) is 0 Å². The first-order chi connectivity index (χ1) is 17.2. The molecule has 1 aromatic carbocycles. The van der Waals surface area contributed by atoms with Crippen LogP contribution in [-0.2, 0) is 6.42 Å². The van der Waals surface area contributed by atoms with E-state index in [1.165, 1.54) is 96.3 Å². The van der Waals surface area contributed by atoms with Crippen LogP contribution in [0, 0.1) is 23.6 Å². The Morgan fingerprint density at radius 2 is 1.49 bits per heavy atom. The molecular formula is C33H53FO. The van der Waals surface area contributed by atoms with E-state index in [1.54, 1.807) is 11.6 Å². The standard InChI is InChI=1S/C33H53FO/c1-3-5-7-9-25-35-33-24-23-31(26-32(33)34)22-21-30-19-17-29(18-20-30)16-15-28-13-11-27(12-14-28)10-8-6-4-2/h19,23-24,26-29H,3-18,20-22,25H2,1-2H3. The highest BCUT2D eigenvalue weighted by Crippen LogP contribution is 2.37. The molecule has 0 aliphatic heterocycles. The molecule has 35 heavy (non-hydrogen) atoms. The maximum atomic E-state index is 14.4. The van der Waals surface area contributed by atoms with Crippen molar-refractivity contribution < 1.29 is 9.13 Å². The monoisotopic (exact) mass is 484 g/mol. The first-order valence-electron chi connectivity index (χ1n) is 15.3. The number of halogens is 1. The summed E-state index contributed by atoms with van der Waals surface area (Å²) in [5, 5.41) is 0. The van der Waals surface area contributed by atoms with Crippen LogP contribution < -0.4 is 4.74 Å². The van der Waals surface area contributed by atoms with Crippen molar-refractivity contribution >= 4 is 0 Å². The minimum absolute atomic E-state index is 0.203. The highest BCUT2D eigenvalue weighted by Gasteiger charge is 2.22. The summed E-state index contributed by atoms with van der Waals surface area (Å²) in [5.74, 6) is 3.14. The van der Waals surface area contributed by atoms with Crippen LogP contribution in [0.4, 0.5) is 4.39 Å². The van der Waals surface area contributed by atoms with Crippen molar-refractivity contribution in [2.24, 2.45) is 17.8 Å². The number of ether oxygens (including phenoxy) is 1. The summed E-state index contributed by atoms with van der Waals surface area (Å²) in [6.07, 6.45) is 27.6. The van der Waals surface area contributed by atoms with Crippen molar-refractivity contribution in [1.29, 1.82) is 0 Å². The number of allylic oxidation sites excluding steroid dienone is 2. The molecular weight excluding hydrogens is 431 g/mol. The van der Waals surface area contributed by atoms with Crippen LogP contribution in [0.2, 0.25) is 0 Å². The summed E-state index contributed by atoms with van der Waals surface area (Å²) in [6, 6.07) is 5.57. The molecule has 2 aliphatic carbocycles. The Labute approximate surface area is 216 Å². The number of aryl methyl sites for hydroxylation is 1. The molecule has 1 aromatic rings. The van der Waals surface area contributed by atoms with Gasteiger partial charge in [-0.05, 0) is 80.4 Å². The van der Waals surface area contributed by atoms with Crippen molar-refractivity contribution in [2.75, 3.05) is 6.61 Å². The van der Waals surface area contributed by atoms with E-state index < -0.39 is 0 Å². The van der Waals surface area contributed by atoms with Gasteiger partial charge >= 0.3 is 0 Å². The lowest BCUT2D eigenvalue weighted by Crippen LogP contribution is -2.16. The van der Waals surface area contributed by atoms with E-state index in [-0.39, 0.29) is 5.82 Å². The van der Waals surface area contributed by atoms with Crippen molar-refractivity contribution in [3.63, 3.8) is 0 Å². The zero-order valence-electron chi connectivity index (χ0n) is 23.0. The normalized spacial score (nSPS) is 22.7. The fourth-order valence-corrected chi connectivity index (χ4v) is 6.23. The van der Waals surface area contributed by atoms with Crippen molar-refractivity contribution in [2.45, 2.75) is 136 Å². The van der Waals surface area contributed by atoms with Gasteiger partial charge in [0.25, 0.3) is 0 Å². The summed E-state index contributed by atoms with van der Waals surface area (Å²) in [4.78, 5) is 0. The van der Waals surface area contributed by atoms with Crippen molar-refractivity contribution in [3.05, 3.63) is 41.2 Å². The predicted molar refractivity (Wildman–Crippen MR) is 149 cm³/mol. The summed E-state index contributed by atoms with van der Waals surface area (Å²) in [6.45, 7) is 5.12. The van der Waals surface area contributed by atoms with E-state index in [4.69, 9.17) is 4.74 Å². The summed E-state index contributed by atoms with van der Waals surface area (Å²) < 4.78 is 20.1. The first kappa shape index (κ1) is 28.3. The van der Waals surface area contributed by atoms with Crippen LogP contribution in [0.1, 0.15) is 135 Å². The minimum atomic E-state index is -0.203. The van der Waals surface area contributed by atoms with Crippen LogP contribution in [0.15, 0.2) is 29.8 Å². The molecule has 2 heteroatoms. The molecule has 0 aromatic heterocycles. The molecule has 0 heterocycles. The van der Waals surface area contributed by atoms with Crippen molar-refractivity contribution in [3.8, 4) is 5.75 Å². The molecule has 0 bridgehead atoms. The fourth-order valence-electron chi connectivity index (χ4n) is 6.23.